The molecule has 0 saturated heterocycles. The normalized spacial score (nSPS) is 14.0. The number of hydrogen-bond donors (Lipinski definition) is 0. The molecule has 1 aliphatic rings. The molecular weight excluding hydrogens is 541 g/mol. The molecule has 2 nitrogen and oxygen atoms in total. The standard InChI is InChI=1S/C40H33NOP/c42-39-37-28-16-17-29-38(37)41(40(39,32-18-6-1-7-19-32)33-20-8-2-9-21-33)30-31-43(34-22-10-3-11-23-34,35-24-12-4-13-25-35)36-26-14-5-15-27-36/h1-29H,30-31H2/q+1. The van der Waals surface area contributed by atoms with Crippen LogP contribution in [0.15, 0.2) is 176 Å². The van der Waals surface area contributed by atoms with Crippen molar-refractivity contribution in [2.75, 3.05) is 17.6 Å². The molecule has 6 aromatic rings. The lowest BCUT2D eigenvalue weighted by Crippen LogP contribution is -2.51. The third kappa shape index (κ3) is 4.42. The van der Waals surface area contributed by atoms with E-state index in [2.05, 4.69) is 132 Å². The maximum atomic E-state index is 14.8. The third-order valence-corrected chi connectivity index (χ3v) is 13.2. The van der Waals surface area contributed by atoms with Crippen molar-refractivity contribution in [3.8, 4) is 0 Å². The molecule has 0 aromatic heterocycles. The summed E-state index contributed by atoms with van der Waals surface area (Å²) in [5.41, 5.74) is 2.79. The van der Waals surface area contributed by atoms with E-state index in [1.165, 1.54) is 15.9 Å². The first kappa shape index (κ1) is 27.1. The van der Waals surface area contributed by atoms with E-state index >= 15 is 0 Å². The SMILES string of the molecule is O=C1c2ccccc2N(CC[P+](c2ccccc2)(c2ccccc2)c2ccccc2)C1(c1ccccc1)c1ccccc1. The summed E-state index contributed by atoms with van der Waals surface area (Å²) in [6.45, 7) is 0.693. The van der Waals surface area contributed by atoms with Gasteiger partial charge in [0.2, 0.25) is 0 Å². The molecule has 0 amide bonds. The van der Waals surface area contributed by atoms with Crippen LogP contribution in [-0.2, 0) is 5.54 Å². The molecule has 6 aromatic carbocycles. The van der Waals surface area contributed by atoms with Gasteiger partial charge in [-0.15, -0.1) is 0 Å². The van der Waals surface area contributed by atoms with Crippen molar-refractivity contribution >= 4 is 34.6 Å². The highest BCUT2D eigenvalue weighted by Gasteiger charge is 2.55. The van der Waals surface area contributed by atoms with Crippen LogP contribution in [0.2, 0.25) is 0 Å². The van der Waals surface area contributed by atoms with Gasteiger partial charge in [-0.05, 0) is 59.7 Å². The lowest BCUT2D eigenvalue weighted by atomic mass is 9.78. The van der Waals surface area contributed by atoms with Crippen molar-refractivity contribution in [1.82, 2.24) is 0 Å². The maximum Gasteiger partial charge on any atom is 0.199 e. The van der Waals surface area contributed by atoms with E-state index in [9.17, 15) is 4.79 Å². The van der Waals surface area contributed by atoms with Gasteiger partial charge in [0.15, 0.2) is 11.3 Å². The van der Waals surface area contributed by atoms with Crippen LogP contribution in [0.25, 0.3) is 0 Å². The zero-order valence-corrected chi connectivity index (χ0v) is 24.9. The molecule has 0 atom stereocenters. The highest BCUT2D eigenvalue weighted by molar-refractivity contribution is 7.95. The fourth-order valence-corrected chi connectivity index (χ4v) is 11.1. The molecule has 0 bridgehead atoms. The van der Waals surface area contributed by atoms with Crippen LogP contribution in [0, 0.1) is 0 Å². The van der Waals surface area contributed by atoms with Crippen molar-refractivity contribution in [3.05, 3.63) is 193 Å². The number of rotatable bonds is 8. The number of nitrogens with zero attached hydrogens (tertiary/aromatic N) is 1. The number of hydrogen-bond acceptors (Lipinski definition) is 2. The minimum absolute atomic E-state index is 0.128. The van der Waals surface area contributed by atoms with Gasteiger partial charge in [-0.2, -0.15) is 0 Å². The highest BCUT2D eigenvalue weighted by Crippen LogP contribution is 2.57. The van der Waals surface area contributed by atoms with Crippen molar-refractivity contribution in [3.63, 3.8) is 0 Å². The van der Waals surface area contributed by atoms with Crippen LogP contribution in [0.4, 0.5) is 5.69 Å². The topological polar surface area (TPSA) is 20.3 Å². The zero-order chi connectivity index (χ0) is 29.1. The molecule has 208 valence electrons. The number of Topliss-reactive ketones (excluding diaryl/α,β-unsaturated/α-hetero) is 1. The summed E-state index contributed by atoms with van der Waals surface area (Å²) in [4.78, 5) is 17.2. The summed E-state index contributed by atoms with van der Waals surface area (Å²) >= 11 is 0. The summed E-state index contributed by atoms with van der Waals surface area (Å²) in [5.74, 6) is 0.128. The van der Waals surface area contributed by atoms with Crippen molar-refractivity contribution in [2.24, 2.45) is 0 Å². The van der Waals surface area contributed by atoms with E-state index in [1.807, 2.05) is 48.5 Å². The van der Waals surface area contributed by atoms with Crippen LogP contribution >= 0.6 is 7.26 Å². The van der Waals surface area contributed by atoms with E-state index in [1.54, 1.807) is 0 Å². The monoisotopic (exact) mass is 574 g/mol. The summed E-state index contributed by atoms with van der Waals surface area (Å²) in [7, 11) is -2.13. The third-order valence-electron chi connectivity index (χ3n) is 8.81. The van der Waals surface area contributed by atoms with E-state index in [0.717, 1.165) is 28.5 Å². The van der Waals surface area contributed by atoms with Gasteiger partial charge >= 0.3 is 0 Å². The van der Waals surface area contributed by atoms with Gasteiger partial charge < -0.3 is 4.90 Å². The Hall–Kier alpha value is -4.78. The molecule has 0 spiro atoms. The number of benzene rings is 6. The molecular formula is C40H33NOP+. The van der Waals surface area contributed by atoms with Crippen molar-refractivity contribution in [1.29, 1.82) is 0 Å². The summed E-state index contributed by atoms with van der Waals surface area (Å²) in [6, 6.07) is 61.8. The Morgan fingerprint density at radius 3 is 1.28 bits per heavy atom. The molecule has 0 fully saturated rings. The first-order valence-electron chi connectivity index (χ1n) is 14.8. The van der Waals surface area contributed by atoms with Gasteiger partial charge in [-0.1, -0.05) is 127 Å². The first-order valence-corrected chi connectivity index (χ1v) is 16.8. The Balaban J connectivity index is 1.46. The smallest absolute Gasteiger partial charge is 0.199 e. The van der Waals surface area contributed by atoms with E-state index in [4.69, 9.17) is 0 Å². The van der Waals surface area contributed by atoms with Gasteiger partial charge in [0, 0.05) is 11.3 Å². The maximum absolute atomic E-state index is 14.8. The fourth-order valence-electron chi connectivity index (χ4n) is 6.92. The number of fused-ring (bicyclic) bond motifs is 1. The van der Waals surface area contributed by atoms with Gasteiger partial charge in [-0.3, -0.25) is 4.79 Å². The van der Waals surface area contributed by atoms with Crippen LogP contribution in [0.3, 0.4) is 0 Å². The quantitative estimate of drug-likeness (QED) is 0.174. The van der Waals surface area contributed by atoms with E-state index in [0.29, 0.717) is 6.54 Å². The molecule has 0 saturated carbocycles. The molecule has 0 radical (unpaired) electrons. The van der Waals surface area contributed by atoms with Crippen molar-refractivity contribution < 1.29 is 4.79 Å². The van der Waals surface area contributed by atoms with Crippen molar-refractivity contribution in [2.45, 2.75) is 5.54 Å². The second-order valence-electron chi connectivity index (χ2n) is 11.0. The molecule has 3 heteroatoms. The molecule has 1 heterocycles. The van der Waals surface area contributed by atoms with Crippen LogP contribution < -0.4 is 20.8 Å². The Morgan fingerprint density at radius 1 is 0.465 bits per heavy atom. The minimum atomic E-state index is -2.13. The minimum Gasteiger partial charge on any atom is -0.347 e. The average Bonchev–Trinajstić information content (AvgIpc) is 3.35. The molecule has 1 aliphatic heterocycles. The summed E-state index contributed by atoms with van der Waals surface area (Å²) in [6.07, 6.45) is 0.869. The summed E-state index contributed by atoms with van der Waals surface area (Å²) < 4.78 is 0. The average molecular weight is 575 g/mol. The van der Waals surface area contributed by atoms with Crippen LogP contribution in [0.5, 0.6) is 0 Å². The lowest BCUT2D eigenvalue weighted by molar-refractivity contribution is 0.0926. The number of carbonyl (C=O) groups excluding carboxylic acids is 1. The predicted molar refractivity (Wildman–Crippen MR) is 182 cm³/mol. The van der Waals surface area contributed by atoms with Gasteiger partial charge in [-0.25, -0.2) is 0 Å². The summed E-state index contributed by atoms with van der Waals surface area (Å²) in [5, 5.41) is 4.03. The molecule has 7 rings (SSSR count). The number of ketones is 1. The number of para-hydroxylation sites is 1. The van der Waals surface area contributed by atoms with E-state index < -0.39 is 12.8 Å². The van der Waals surface area contributed by atoms with Crippen LogP contribution in [0.1, 0.15) is 21.5 Å². The van der Waals surface area contributed by atoms with Gasteiger partial charge in [0.25, 0.3) is 0 Å². The Kier molecular flexibility index (Phi) is 7.23. The lowest BCUT2D eigenvalue weighted by Gasteiger charge is -2.41. The second kappa shape index (κ2) is 11.5. The van der Waals surface area contributed by atoms with Gasteiger partial charge in [0.05, 0.1) is 12.7 Å². The fraction of sp³-hybridized carbons (Fsp3) is 0.0750. The highest BCUT2D eigenvalue weighted by atomic mass is 31.2. The predicted octanol–water partition coefficient (Wildman–Crippen LogP) is 7.63. The first-order chi connectivity index (χ1) is 21.3. The molecule has 0 aliphatic carbocycles. The second-order valence-corrected chi connectivity index (χ2v) is 14.6. The molecule has 0 N–H and O–H groups in total. The molecule has 0 unspecified atom stereocenters. The Labute approximate surface area is 254 Å². The number of carbonyl (C=O) groups is 1. The Bertz CT molecular complexity index is 1690. The molecule has 43 heavy (non-hydrogen) atoms. The Morgan fingerprint density at radius 2 is 0.837 bits per heavy atom. The zero-order valence-electron chi connectivity index (χ0n) is 24.0. The number of anilines is 1. The van der Waals surface area contributed by atoms with E-state index in [-0.39, 0.29) is 5.78 Å². The van der Waals surface area contributed by atoms with Crippen LogP contribution in [-0.4, -0.2) is 18.5 Å². The largest absolute Gasteiger partial charge is 0.347 e. The van der Waals surface area contributed by atoms with Gasteiger partial charge in [0.1, 0.15) is 23.2 Å².